The number of hydrogen-bond acceptors (Lipinski definition) is 7. The summed E-state index contributed by atoms with van der Waals surface area (Å²) in [5, 5.41) is 4.37. The standard InChI is InChI=1S/C14H19N5O2S2/c1-9-6-10(2)19-13(15-9)16-18(14(19)22)8-17-4-5-23-11(7-17)12(20)21-3/h6,11H,4-5,7-8H2,1-3H3/t11-/m1/s1. The highest BCUT2D eigenvalue weighted by molar-refractivity contribution is 8.00. The van der Waals surface area contributed by atoms with Crippen molar-refractivity contribution < 1.29 is 9.53 Å². The minimum atomic E-state index is -0.175. The van der Waals surface area contributed by atoms with E-state index in [9.17, 15) is 4.79 Å². The molecule has 0 saturated carbocycles. The lowest BCUT2D eigenvalue weighted by molar-refractivity contribution is -0.140. The first-order valence-electron chi connectivity index (χ1n) is 7.35. The number of rotatable bonds is 3. The quantitative estimate of drug-likeness (QED) is 0.611. The number of esters is 1. The highest BCUT2D eigenvalue weighted by Crippen LogP contribution is 2.20. The molecule has 2 aromatic heterocycles. The Balaban J connectivity index is 1.84. The van der Waals surface area contributed by atoms with Crippen LogP contribution in [0.25, 0.3) is 5.78 Å². The average Bonchev–Trinajstić information content (AvgIpc) is 2.82. The number of aryl methyl sites for hydroxylation is 2. The Morgan fingerprint density at radius 1 is 1.52 bits per heavy atom. The third-order valence-electron chi connectivity index (χ3n) is 3.82. The molecule has 1 fully saturated rings. The summed E-state index contributed by atoms with van der Waals surface area (Å²) >= 11 is 7.16. The van der Waals surface area contributed by atoms with E-state index in [1.165, 1.54) is 7.11 Å². The fourth-order valence-electron chi connectivity index (χ4n) is 2.72. The lowest BCUT2D eigenvalue weighted by Gasteiger charge is -2.30. The van der Waals surface area contributed by atoms with Gasteiger partial charge in [-0.3, -0.25) is 14.1 Å². The van der Waals surface area contributed by atoms with Crippen LogP contribution in [0.2, 0.25) is 0 Å². The van der Waals surface area contributed by atoms with Crippen LogP contribution in [-0.2, 0) is 16.2 Å². The van der Waals surface area contributed by atoms with Crippen LogP contribution in [0, 0.1) is 18.6 Å². The van der Waals surface area contributed by atoms with E-state index in [2.05, 4.69) is 15.0 Å². The van der Waals surface area contributed by atoms with Crippen molar-refractivity contribution in [3.05, 3.63) is 22.2 Å². The largest absolute Gasteiger partial charge is 0.468 e. The number of thioether (sulfide) groups is 1. The number of aromatic nitrogens is 4. The van der Waals surface area contributed by atoms with Gasteiger partial charge in [0.2, 0.25) is 4.77 Å². The molecule has 23 heavy (non-hydrogen) atoms. The van der Waals surface area contributed by atoms with E-state index in [0.29, 0.717) is 23.8 Å². The molecule has 1 saturated heterocycles. The predicted octanol–water partition coefficient (Wildman–Crippen LogP) is 1.43. The van der Waals surface area contributed by atoms with Gasteiger partial charge in [0, 0.05) is 30.2 Å². The maximum atomic E-state index is 11.7. The smallest absolute Gasteiger partial charge is 0.320 e. The molecule has 9 heteroatoms. The van der Waals surface area contributed by atoms with Crippen LogP contribution in [-0.4, -0.2) is 61.2 Å². The molecule has 0 aliphatic carbocycles. The van der Waals surface area contributed by atoms with Gasteiger partial charge in [0.25, 0.3) is 5.78 Å². The molecule has 0 spiro atoms. The molecule has 0 unspecified atom stereocenters. The summed E-state index contributed by atoms with van der Waals surface area (Å²) in [5.41, 5.74) is 1.94. The Labute approximate surface area is 143 Å². The van der Waals surface area contributed by atoms with Gasteiger partial charge in [0.1, 0.15) is 5.25 Å². The van der Waals surface area contributed by atoms with Gasteiger partial charge in [0.05, 0.1) is 13.8 Å². The van der Waals surface area contributed by atoms with Gasteiger partial charge < -0.3 is 4.74 Å². The summed E-state index contributed by atoms with van der Waals surface area (Å²) in [6.45, 7) is 6.01. The Morgan fingerprint density at radius 2 is 2.30 bits per heavy atom. The Bertz CT molecular complexity index is 800. The first kappa shape index (κ1) is 16.4. The van der Waals surface area contributed by atoms with Crippen LogP contribution in [0.4, 0.5) is 0 Å². The van der Waals surface area contributed by atoms with E-state index in [-0.39, 0.29) is 11.2 Å². The van der Waals surface area contributed by atoms with E-state index in [0.717, 1.165) is 23.7 Å². The van der Waals surface area contributed by atoms with Gasteiger partial charge in [0.15, 0.2) is 0 Å². The summed E-state index contributed by atoms with van der Waals surface area (Å²) in [6, 6.07) is 1.99. The van der Waals surface area contributed by atoms with Gasteiger partial charge in [-0.1, -0.05) is 0 Å². The first-order valence-corrected chi connectivity index (χ1v) is 8.81. The third kappa shape index (κ3) is 3.26. The molecule has 0 aromatic carbocycles. The molecule has 0 radical (unpaired) electrons. The van der Waals surface area contributed by atoms with Crippen molar-refractivity contribution in [1.82, 2.24) is 24.1 Å². The fourth-order valence-corrected chi connectivity index (χ4v) is 4.24. The van der Waals surface area contributed by atoms with Crippen LogP contribution in [0.1, 0.15) is 11.4 Å². The van der Waals surface area contributed by atoms with Crippen molar-refractivity contribution >= 4 is 35.7 Å². The number of fused-ring (bicyclic) bond motifs is 1. The van der Waals surface area contributed by atoms with E-state index >= 15 is 0 Å². The second kappa shape index (κ2) is 6.58. The molecule has 2 aromatic rings. The Hall–Kier alpha value is -1.45. The SMILES string of the molecule is COC(=O)[C@H]1CN(Cn2nc3nc(C)cc(C)n3c2=S)CCS1. The fraction of sp³-hybridized carbons (Fsp3) is 0.571. The van der Waals surface area contributed by atoms with E-state index in [4.69, 9.17) is 17.0 Å². The molecule has 1 aliphatic rings. The van der Waals surface area contributed by atoms with Crippen molar-refractivity contribution in [3.63, 3.8) is 0 Å². The van der Waals surface area contributed by atoms with Crippen molar-refractivity contribution in [2.24, 2.45) is 0 Å². The summed E-state index contributed by atoms with van der Waals surface area (Å²) in [5.74, 6) is 1.33. The average molecular weight is 353 g/mol. The second-order valence-electron chi connectivity index (χ2n) is 5.56. The Kier molecular flexibility index (Phi) is 4.69. The molecule has 0 N–H and O–H groups in total. The van der Waals surface area contributed by atoms with E-state index in [1.54, 1.807) is 16.4 Å². The lowest BCUT2D eigenvalue weighted by Crippen LogP contribution is -2.42. The molecule has 3 rings (SSSR count). The van der Waals surface area contributed by atoms with Gasteiger partial charge in [-0.05, 0) is 32.1 Å². The normalized spacial score (nSPS) is 19.2. The number of carbonyl (C=O) groups excluding carboxylic acids is 1. The zero-order valence-electron chi connectivity index (χ0n) is 13.4. The highest BCUT2D eigenvalue weighted by Gasteiger charge is 2.27. The van der Waals surface area contributed by atoms with Crippen molar-refractivity contribution in [2.45, 2.75) is 25.8 Å². The Morgan fingerprint density at radius 3 is 3.04 bits per heavy atom. The van der Waals surface area contributed by atoms with Gasteiger partial charge in [-0.2, -0.15) is 0 Å². The number of hydrogen-bond donors (Lipinski definition) is 0. The van der Waals surface area contributed by atoms with Crippen LogP contribution in [0.15, 0.2) is 6.07 Å². The summed E-state index contributed by atoms with van der Waals surface area (Å²) in [6.07, 6.45) is 0. The van der Waals surface area contributed by atoms with E-state index in [1.807, 2.05) is 24.3 Å². The summed E-state index contributed by atoms with van der Waals surface area (Å²) in [4.78, 5) is 18.3. The lowest BCUT2D eigenvalue weighted by atomic mass is 10.3. The zero-order valence-corrected chi connectivity index (χ0v) is 15.0. The van der Waals surface area contributed by atoms with Crippen molar-refractivity contribution in [1.29, 1.82) is 0 Å². The molecule has 0 amide bonds. The van der Waals surface area contributed by atoms with E-state index < -0.39 is 0 Å². The van der Waals surface area contributed by atoms with Crippen LogP contribution >= 0.6 is 24.0 Å². The highest BCUT2D eigenvalue weighted by atomic mass is 32.2. The van der Waals surface area contributed by atoms with Crippen LogP contribution in [0.3, 0.4) is 0 Å². The van der Waals surface area contributed by atoms with Crippen molar-refractivity contribution in [3.8, 4) is 0 Å². The number of ether oxygens (including phenoxy) is 1. The second-order valence-corrected chi connectivity index (χ2v) is 7.23. The summed E-state index contributed by atoms with van der Waals surface area (Å²) < 4.78 is 9.11. The maximum Gasteiger partial charge on any atom is 0.320 e. The zero-order chi connectivity index (χ0) is 16.6. The topological polar surface area (TPSA) is 64.7 Å². The minimum Gasteiger partial charge on any atom is -0.468 e. The number of carbonyl (C=O) groups is 1. The third-order valence-corrected chi connectivity index (χ3v) is 5.37. The van der Waals surface area contributed by atoms with Crippen molar-refractivity contribution in [2.75, 3.05) is 26.0 Å². The van der Waals surface area contributed by atoms with Gasteiger partial charge in [-0.25, -0.2) is 9.67 Å². The molecule has 0 bridgehead atoms. The maximum absolute atomic E-state index is 11.7. The molecular weight excluding hydrogens is 334 g/mol. The van der Waals surface area contributed by atoms with Crippen LogP contribution < -0.4 is 0 Å². The number of methoxy groups -OCH3 is 1. The molecule has 1 aliphatic heterocycles. The van der Waals surface area contributed by atoms with Gasteiger partial charge in [-0.15, -0.1) is 16.9 Å². The first-order chi connectivity index (χ1) is 11.0. The predicted molar refractivity (Wildman–Crippen MR) is 91.1 cm³/mol. The molecule has 3 heterocycles. The molecule has 124 valence electrons. The monoisotopic (exact) mass is 353 g/mol. The molecule has 7 nitrogen and oxygen atoms in total. The summed E-state index contributed by atoms with van der Waals surface area (Å²) in [7, 11) is 1.43. The molecular formula is C14H19N5O2S2. The van der Waals surface area contributed by atoms with Crippen LogP contribution in [0.5, 0.6) is 0 Å². The van der Waals surface area contributed by atoms with Gasteiger partial charge >= 0.3 is 5.97 Å². The minimum absolute atomic E-state index is 0.151. The molecule has 1 atom stereocenters. The number of nitrogens with zero attached hydrogens (tertiary/aromatic N) is 5.